The molecule has 312 valence electrons. The predicted octanol–water partition coefficient (Wildman–Crippen LogP) is 11.1. The number of hydrogen-bond acceptors (Lipinski definition) is 8. The average Bonchev–Trinajstić information content (AvgIpc) is 3.12. The van der Waals surface area contributed by atoms with Crippen molar-refractivity contribution in [3.8, 4) is 0 Å². The van der Waals surface area contributed by atoms with Gasteiger partial charge in [0.1, 0.15) is 19.8 Å². The first-order chi connectivity index (χ1) is 26.0. The number of phosphoric acid groups is 1. The minimum absolute atomic E-state index is 0.0403. The fourth-order valence-electron chi connectivity index (χ4n) is 5.39. The molecule has 0 saturated heterocycles. The van der Waals surface area contributed by atoms with Gasteiger partial charge in [-0.25, -0.2) is 0 Å². The summed E-state index contributed by atoms with van der Waals surface area (Å²) in [5.74, 6) is -0.890. The van der Waals surface area contributed by atoms with E-state index in [4.69, 9.17) is 18.5 Å². The summed E-state index contributed by atoms with van der Waals surface area (Å²) in [6, 6.07) is 0. The highest BCUT2D eigenvalue weighted by Gasteiger charge is 2.21. The zero-order valence-corrected chi connectivity index (χ0v) is 35.6. The molecule has 0 aliphatic rings. The number of phosphoric ester groups is 1. The molecule has 0 bridgehead atoms. The van der Waals surface area contributed by atoms with Crippen LogP contribution in [0.1, 0.15) is 155 Å². The van der Waals surface area contributed by atoms with Crippen LogP contribution < -0.4 is 4.89 Å². The number of allylic oxidation sites excluding steroid dienone is 9. The van der Waals surface area contributed by atoms with Gasteiger partial charge in [-0.2, -0.15) is 0 Å². The fraction of sp³-hybridized carbons (Fsp3) is 0.727. The molecule has 0 aliphatic heterocycles. The van der Waals surface area contributed by atoms with Crippen molar-refractivity contribution in [3.05, 3.63) is 61.3 Å². The first-order valence-corrected chi connectivity index (χ1v) is 22.4. The summed E-state index contributed by atoms with van der Waals surface area (Å²) in [5, 5.41) is 0. The van der Waals surface area contributed by atoms with Gasteiger partial charge in [-0.1, -0.05) is 132 Å². The second kappa shape index (κ2) is 36.4. The van der Waals surface area contributed by atoms with Gasteiger partial charge in [0, 0.05) is 12.8 Å². The third kappa shape index (κ3) is 39.4. The lowest BCUT2D eigenvalue weighted by atomic mass is 10.0. The molecule has 9 nitrogen and oxygen atoms in total. The van der Waals surface area contributed by atoms with Crippen molar-refractivity contribution in [3.63, 3.8) is 0 Å². The number of hydrogen-bond donors (Lipinski definition) is 0. The average molecular weight is 780 g/mol. The molecule has 0 saturated carbocycles. The molecule has 0 aromatic heterocycles. The number of unbranched alkanes of at least 4 members (excludes halogenated alkanes) is 15. The first-order valence-electron chi connectivity index (χ1n) is 21.0. The number of quaternary nitrogens is 1. The summed E-state index contributed by atoms with van der Waals surface area (Å²) in [6.45, 7) is 5.57. The van der Waals surface area contributed by atoms with Gasteiger partial charge in [0.15, 0.2) is 6.10 Å². The Hall–Kier alpha value is -2.29. The van der Waals surface area contributed by atoms with E-state index < -0.39 is 32.5 Å². The number of carbonyl (C=O) groups is 2. The van der Waals surface area contributed by atoms with Gasteiger partial charge in [-0.15, -0.1) is 6.58 Å². The van der Waals surface area contributed by atoms with Crippen molar-refractivity contribution in [2.45, 2.75) is 161 Å². The lowest BCUT2D eigenvalue weighted by Crippen LogP contribution is -2.37. The Morgan fingerprint density at radius 3 is 1.63 bits per heavy atom. The topological polar surface area (TPSA) is 111 Å². The van der Waals surface area contributed by atoms with Gasteiger partial charge in [-0.3, -0.25) is 14.2 Å². The quantitative estimate of drug-likeness (QED) is 0.0200. The highest BCUT2D eigenvalue weighted by Crippen LogP contribution is 2.38. The third-order valence-corrected chi connectivity index (χ3v) is 9.63. The number of esters is 2. The Morgan fingerprint density at radius 2 is 1.09 bits per heavy atom. The predicted molar refractivity (Wildman–Crippen MR) is 222 cm³/mol. The largest absolute Gasteiger partial charge is 0.756 e. The van der Waals surface area contributed by atoms with Crippen molar-refractivity contribution in [1.29, 1.82) is 0 Å². The van der Waals surface area contributed by atoms with E-state index >= 15 is 0 Å². The minimum Gasteiger partial charge on any atom is -0.756 e. The van der Waals surface area contributed by atoms with Crippen LogP contribution >= 0.6 is 7.82 Å². The summed E-state index contributed by atoms with van der Waals surface area (Å²) in [4.78, 5) is 37.4. The summed E-state index contributed by atoms with van der Waals surface area (Å²) in [7, 11) is 1.13. The van der Waals surface area contributed by atoms with Gasteiger partial charge in [0.25, 0.3) is 7.82 Å². The lowest BCUT2D eigenvalue weighted by molar-refractivity contribution is -0.870. The molecule has 0 rings (SSSR count). The summed E-state index contributed by atoms with van der Waals surface area (Å²) >= 11 is 0. The molecule has 0 aromatic rings. The Balaban J connectivity index is 4.44. The number of nitrogens with zero attached hydrogens (tertiary/aromatic N) is 1. The van der Waals surface area contributed by atoms with E-state index in [1.165, 1.54) is 57.8 Å². The normalized spacial score (nSPS) is 14.0. The number of rotatable bonds is 38. The molecule has 54 heavy (non-hydrogen) atoms. The van der Waals surface area contributed by atoms with Crippen LogP contribution in [0.15, 0.2) is 61.3 Å². The molecule has 0 amide bonds. The second-order valence-corrected chi connectivity index (χ2v) is 16.5. The molecule has 0 aromatic carbocycles. The van der Waals surface area contributed by atoms with Gasteiger partial charge < -0.3 is 27.9 Å². The number of ether oxygens (including phenoxy) is 2. The maximum atomic E-state index is 12.6. The SMILES string of the molecule is C=CCCCCCCCCCCCCCCCC(=O)O[C@H](COC(=O)CCCC/C=C/C/C=C/C/C=C/C/C=C/CC)COP(=O)([O-])OCC[N+](C)(C)C. The molecule has 0 fully saturated rings. The number of carbonyl (C=O) groups excluding carboxylic acids is 2. The maximum absolute atomic E-state index is 12.6. The third-order valence-electron chi connectivity index (χ3n) is 8.67. The van der Waals surface area contributed by atoms with E-state index in [0.29, 0.717) is 23.9 Å². The van der Waals surface area contributed by atoms with Gasteiger partial charge in [0.05, 0.1) is 27.7 Å². The van der Waals surface area contributed by atoms with Crippen LogP contribution in [0.5, 0.6) is 0 Å². The molecule has 1 unspecified atom stereocenters. The van der Waals surface area contributed by atoms with Crippen LogP contribution in [0.25, 0.3) is 0 Å². The van der Waals surface area contributed by atoms with Crippen molar-refractivity contribution in [2.75, 3.05) is 47.5 Å². The molecular weight excluding hydrogens is 701 g/mol. The van der Waals surface area contributed by atoms with Crippen LogP contribution in [0, 0.1) is 0 Å². The van der Waals surface area contributed by atoms with E-state index in [-0.39, 0.29) is 26.1 Å². The van der Waals surface area contributed by atoms with Crippen LogP contribution in [-0.4, -0.2) is 70.0 Å². The highest BCUT2D eigenvalue weighted by molar-refractivity contribution is 7.45. The zero-order chi connectivity index (χ0) is 40.0. The molecule has 10 heteroatoms. The van der Waals surface area contributed by atoms with Crippen LogP contribution in [0.3, 0.4) is 0 Å². The molecule has 2 atom stereocenters. The molecular formula is C44H78NO8P. The highest BCUT2D eigenvalue weighted by atomic mass is 31.2. The van der Waals surface area contributed by atoms with E-state index in [2.05, 4.69) is 62.1 Å². The Bertz CT molecular complexity index is 1090. The van der Waals surface area contributed by atoms with Gasteiger partial charge in [0.2, 0.25) is 0 Å². The summed E-state index contributed by atoms with van der Waals surface area (Å²) in [5.41, 5.74) is 0. The summed E-state index contributed by atoms with van der Waals surface area (Å²) < 4.78 is 33.8. The Labute approximate surface area is 330 Å². The van der Waals surface area contributed by atoms with E-state index in [1.54, 1.807) is 0 Å². The molecule has 0 spiro atoms. The van der Waals surface area contributed by atoms with Crippen LogP contribution in [0.2, 0.25) is 0 Å². The first kappa shape index (κ1) is 51.7. The maximum Gasteiger partial charge on any atom is 0.306 e. The van der Waals surface area contributed by atoms with Crippen LogP contribution in [-0.2, 0) is 32.7 Å². The standard InChI is InChI=1S/C44H78NO8P/c1-6-8-10-12-14-16-18-20-22-24-26-28-30-32-34-36-43(46)50-40-42(41-52-54(48,49)51-39-38-45(3,4)5)53-44(47)37-35-33-31-29-27-25-23-21-19-17-15-13-11-9-7-2/h7-8,10,14,16,20,22,26,28,42H,2,6,9,11-13,15,17-19,21,23-25,27,29-41H2,1,3-5H3/b10-8+,16-14+,22-20+,28-26+/t42-/m1/s1. The summed E-state index contributed by atoms with van der Waals surface area (Å²) in [6.07, 6.45) is 41.4. The van der Waals surface area contributed by atoms with E-state index in [1.807, 2.05) is 27.2 Å². The smallest absolute Gasteiger partial charge is 0.306 e. The zero-order valence-electron chi connectivity index (χ0n) is 34.7. The van der Waals surface area contributed by atoms with Crippen molar-refractivity contribution in [2.24, 2.45) is 0 Å². The van der Waals surface area contributed by atoms with E-state index in [0.717, 1.165) is 64.2 Å². The van der Waals surface area contributed by atoms with Crippen molar-refractivity contribution >= 4 is 19.8 Å². The van der Waals surface area contributed by atoms with E-state index in [9.17, 15) is 19.0 Å². The van der Waals surface area contributed by atoms with Crippen molar-refractivity contribution < 1.29 is 42.1 Å². The second-order valence-electron chi connectivity index (χ2n) is 15.1. The minimum atomic E-state index is -4.63. The molecule has 0 heterocycles. The Morgan fingerprint density at radius 1 is 0.630 bits per heavy atom. The van der Waals surface area contributed by atoms with Crippen LogP contribution in [0.4, 0.5) is 0 Å². The lowest BCUT2D eigenvalue weighted by Gasteiger charge is -2.28. The van der Waals surface area contributed by atoms with Gasteiger partial charge >= 0.3 is 11.9 Å². The Kier molecular flexibility index (Phi) is 34.8. The van der Waals surface area contributed by atoms with Gasteiger partial charge in [-0.05, 0) is 64.2 Å². The molecule has 0 radical (unpaired) electrons. The molecule has 0 N–H and O–H groups in total. The number of likely N-dealkylation sites (N-methyl/N-ethyl adjacent to an activating group) is 1. The molecule has 0 aliphatic carbocycles. The monoisotopic (exact) mass is 780 g/mol. The van der Waals surface area contributed by atoms with Crippen molar-refractivity contribution in [1.82, 2.24) is 0 Å². The fourth-order valence-corrected chi connectivity index (χ4v) is 6.12.